The van der Waals surface area contributed by atoms with Gasteiger partial charge >= 0.3 is 15.4 Å². The van der Waals surface area contributed by atoms with Crippen LogP contribution in [0.25, 0.3) is 0 Å². The third-order valence-corrected chi connectivity index (χ3v) is 1.11. The molecule has 0 spiro atoms. The van der Waals surface area contributed by atoms with Gasteiger partial charge in [-0.25, -0.2) is 0 Å². The van der Waals surface area contributed by atoms with Crippen LogP contribution in [0.15, 0.2) is 0 Å². The van der Waals surface area contributed by atoms with Gasteiger partial charge in [0.25, 0.3) is 0 Å². The lowest BCUT2D eigenvalue weighted by Crippen LogP contribution is -2.43. The Morgan fingerprint density at radius 3 is 1.42 bits per heavy atom. The molecule has 0 N–H and O–H groups in total. The lowest BCUT2D eigenvalue weighted by atomic mass is 10.6. The second kappa shape index (κ2) is 3.55. The highest BCUT2D eigenvalue weighted by Gasteiger charge is 2.59. The summed E-state index contributed by atoms with van der Waals surface area (Å²) in [6.45, 7) is 0. The Hall–Kier alpha value is 0.870. The van der Waals surface area contributed by atoms with Crippen LogP contribution in [0.4, 0.5) is 13.2 Å². The van der Waals surface area contributed by atoms with Crippen molar-refractivity contribution in [3.63, 3.8) is 0 Å². The summed E-state index contributed by atoms with van der Waals surface area (Å²) in [7, 11) is 0. The molecule has 0 aliphatic rings. The Balaban J connectivity index is 4.44. The van der Waals surface area contributed by atoms with E-state index in [1.54, 1.807) is 0 Å². The van der Waals surface area contributed by atoms with Gasteiger partial charge in [0.1, 0.15) is 0 Å². The highest BCUT2D eigenvalue weighted by atomic mass is 35.6. The Morgan fingerprint density at radius 1 is 1.00 bits per heavy atom. The Kier molecular flexibility index (Phi) is 3.81. The minimum atomic E-state index is -5.22. The first-order valence-electron chi connectivity index (χ1n) is 2.19. The van der Waals surface area contributed by atoms with Crippen molar-refractivity contribution < 1.29 is 23.0 Å². The van der Waals surface area contributed by atoms with Crippen molar-refractivity contribution in [3.8, 4) is 0 Å². The fourth-order valence-corrected chi connectivity index (χ4v) is 0.758. The second-order valence-corrected chi connectivity index (χ2v) is 4.24. The van der Waals surface area contributed by atoms with Gasteiger partial charge in [-0.1, -0.05) is 34.8 Å². The van der Waals surface area contributed by atoms with Crippen LogP contribution in [0, 0.1) is 0 Å². The first kappa shape index (κ1) is 12.9. The summed E-state index contributed by atoms with van der Waals surface area (Å²) in [5.74, 6) is 0. The lowest BCUT2D eigenvalue weighted by molar-refractivity contribution is -0.357. The van der Waals surface area contributed by atoms with E-state index in [0.29, 0.717) is 0 Å². The van der Waals surface area contributed by atoms with Gasteiger partial charge in [-0.05, 0) is 11.6 Å². The first-order valence-corrected chi connectivity index (χ1v) is 3.70. The van der Waals surface area contributed by atoms with Crippen molar-refractivity contribution in [1.29, 1.82) is 0 Å². The summed E-state index contributed by atoms with van der Waals surface area (Å²) in [6, 6.07) is 0. The molecule has 1 radical (unpaired) electrons. The van der Waals surface area contributed by atoms with Crippen LogP contribution < -0.4 is 0 Å². The van der Waals surface area contributed by atoms with E-state index in [2.05, 4.69) is 16.3 Å². The Labute approximate surface area is 85.1 Å². The largest absolute Gasteiger partial charge is 0.456 e. The molecule has 0 fully saturated rings. The average Bonchev–Trinajstić information content (AvgIpc) is 1.52. The first-order chi connectivity index (χ1) is 4.96. The molecule has 9 heteroatoms. The predicted molar refractivity (Wildman–Crippen MR) is 36.7 cm³/mol. The highest BCUT2D eigenvalue weighted by Crippen LogP contribution is 2.43. The number of hydrogen-bond donors (Lipinski definition) is 0. The molecule has 1 atom stereocenters. The van der Waals surface area contributed by atoms with Crippen molar-refractivity contribution in [2.24, 2.45) is 0 Å². The third kappa shape index (κ3) is 4.20. The van der Waals surface area contributed by atoms with Crippen LogP contribution in [0.2, 0.25) is 0 Å². The van der Waals surface area contributed by atoms with E-state index in [1.807, 2.05) is 0 Å². The van der Waals surface area contributed by atoms with Gasteiger partial charge in [0.05, 0.1) is 0 Å². The average molecular weight is 267 g/mol. The van der Waals surface area contributed by atoms with Crippen LogP contribution in [0.1, 0.15) is 0 Å². The van der Waals surface area contributed by atoms with E-state index in [4.69, 9.17) is 34.8 Å². The molecule has 0 heterocycles. The molecule has 0 rings (SSSR count). The molecule has 2 nitrogen and oxygen atoms in total. The van der Waals surface area contributed by atoms with Gasteiger partial charge in [-0.3, -0.25) is 4.74 Å². The lowest BCUT2D eigenvalue weighted by Gasteiger charge is -2.24. The van der Waals surface area contributed by atoms with E-state index < -0.39 is 15.4 Å². The van der Waals surface area contributed by atoms with Crippen molar-refractivity contribution in [2.75, 3.05) is 0 Å². The van der Waals surface area contributed by atoms with Gasteiger partial charge in [0.2, 0.25) is 0 Å². The summed E-state index contributed by atoms with van der Waals surface area (Å²) in [4.78, 5) is 0. The quantitative estimate of drug-likeness (QED) is 0.706. The van der Waals surface area contributed by atoms with Crippen LogP contribution in [-0.4, -0.2) is 15.4 Å². The van der Waals surface area contributed by atoms with Crippen LogP contribution in [0.5, 0.6) is 0 Å². The van der Waals surface area contributed by atoms with Crippen molar-refractivity contribution in [3.05, 3.63) is 0 Å². The maximum absolute atomic E-state index is 12.3. The summed E-state index contributed by atoms with van der Waals surface area (Å²) < 4.78 is 36.1. The Bertz CT molecular complexity index is 162. The molecule has 0 aliphatic heterocycles. The van der Waals surface area contributed by atoms with Crippen molar-refractivity contribution >= 4 is 46.4 Å². The summed E-state index contributed by atoms with van der Waals surface area (Å²) in [6.07, 6.45) is -5.22. The van der Waals surface area contributed by atoms with Crippen molar-refractivity contribution in [1.82, 2.24) is 0 Å². The van der Waals surface area contributed by atoms with Gasteiger partial charge in [-0.15, -0.1) is 5.11 Å². The molecule has 0 saturated carbocycles. The smallest absolute Gasteiger partial charge is 0.277 e. The van der Waals surface area contributed by atoms with E-state index in [0.717, 1.165) is 0 Å². The standard InChI is InChI=1S/C3Cl4F3O2/c4-1(8,2(9,10)11)12-3(5,6)7. The van der Waals surface area contributed by atoms with E-state index in [9.17, 15) is 18.3 Å². The molecule has 0 bridgehead atoms. The SMILES string of the molecule is [O]C(F)(F)C(F)(Cl)OC(Cl)(Cl)Cl. The van der Waals surface area contributed by atoms with Gasteiger partial charge in [0, 0.05) is 0 Å². The van der Waals surface area contributed by atoms with E-state index in [-0.39, 0.29) is 0 Å². The molecule has 0 aromatic rings. The van der Waals surface area contributed by atoms with E-state index >= 15 is 0 Å². The molecule has 0 saturated heterocycles. The zero-order valence-electron chi connectivity index (χ0n) is 4.96. The minimum Gasteiger partial charge on any atom is -0.277 e. The topological polar surface area (TPSA) is 29.1 Å². The van der Waals surface area contributed by atoms with Crippen LogP contribution >= 0.6 is 46.4 Å². The number of halogens is 7. The number of rotatable bonds is 2. The molecule has 0 aliphatic carbocycles. The molecule has 0 aromatic heterocycles. The van der Waals surface area contributed by atoms with Gasteiger partial charge in [-0.2, -0.15) is 13.2 Å². The fourth-order valence-electron chi connectivity index (χ4n) is 0.205. The highest BCUT2D eigenvalue weighted by molar-refractivity contribution is 6.66. The third-order valence-electron chi connectivity index (χ3n) is 0.583. The molecule has 12 heavy (non-hydrogen) atoms. The minimum absolute atomic E-state index is 2.83. The number of alkyl halides is 7. The summed E-state index contributed by atoms with van der Waals surface area (Å²) in [5, 5.41) is 5.27. The van der Waals surface area contributed by atoms with Crippen LogP contribution in [0.3, 0.4) is 0 Å². The van der Waals surface area contributed by atoms with Gasteiger partial charge < -0.3 is 0 Å². The summed E-state index contributed by atoms with van der Waals surface area (Å²) >= 11 is 18.5. The zero-order chi connectivity index (χ0) is 10.2. The normalized spacial score (nSPS) is 19.0. The fraction of sp³-hybridized carbons (Fsp3) is 1.00. The van der Waals surface area contributed by atoms with E-state index in [1.165, 1.54) is 0 Å². The van der Waals surface area contributed by atoms with Gasteiger partial charge in [0.15, 0.2) is 0 Å². The number of hydrogen-bond acceptors (Lipinski definition) is 1. The molecule has 0 amide bonds. The zero-order valence-corrected chi connectivity index (χ0v) is 7.99. The maximum atomic E-state index is 12.3. The molecular weight excluding hydrogens is 267 g/mol. The van der Waals surface area contributed by atoms with Crippen LogP contribution in [-0.2, 0) is 9.84 Å². The molecular formula is C3Cl4F3O2. The molecule has 73 valence electrons. The monoisotopic (exact) mass is 265 g/mol. The summed E-state index contributed by atoms with van der Waals surface area (Å²) in [5.41, 5.74) is 0. The maximum Gasteiger partial charge on any atom is 0.456 e. The predicted octanol–water partition coefficient (Wildman–Crippen LogP) is 3.22. The van der Waals surface area contributed by atoms with Crippen molar-refractivity contribution in [2.45, 2.75) is 15.4 Å². The molecule has 1 unspecified atom stereocenters. The second-order valence-electron chi connectivity index (χ2n) is 1.58. The molecule has 0 aromatic carbocycles. The number of ether oxygens (including phenoxy) is 1. The Morgan fingerprint density at radius 2 is 1.33 bits per heavy atom.